The van der Waals surface area contributed by atoms with Crippen LogP contribution in [0.25, 0.3) is 11.8 Å². The maximum absolute atomic E-state index is 12.8. The Hall–Kier alpha value is -2.77. The minimum absolute atomic E-state index is 0.250. The fraction of sp³-hybridized carbons (Fsp3) is 0.130. The van der Waals surface area contributed by atoms with Crippen LogP contribution in [0, 0.1) is 6.92 Å². The molecule has 1 saturated heterocycles. The molecule has 3 aromatic rings. The number of hydrogen-bond donors (Lipinski definition) is 0. The first-order valence-electron chi connectivity index (χ1n) is 9.28. The van der Waals surface area contributed by atoms with Gasteiger partial charge >= 0.3 is 0 Å². The SMILES string of the molecule is COc1ccc(-n2cc(/C=C3/SC(=O)N(Cc4ccc(Br)cc4)C3=O)cc2C)cc1. The zero-order chi connectivity index (χ0) is 21.3. The molecule has 2 heterocycles. The van der Waals surface area contributed by atoms with Gasteiger partial charge in [0.25, 0.3) is 11.1 Å². The maximum atomic E-state index is 12.8. The van der Waals surface area contributed by atoms with E-state index in [-0.39, 0.29) is 17.7 Å². The maximum Gasteiger partial charge on any atom is 0.293 e. The number of amides is 2. The number of halogens is 1. The zero-order valence-electron chi connectivity index (χ0n) is 16.5. The van der Waals surface area contributed by atoms with Crippen LogP contribution < -0.4 is 4.74 Å². The second-order valence-corrected chi connectivity index (χ2v) is 8.79. The van der Waals surface area contributed by atoms with Gasteiger partial charge in [0.15, 0.2) is 0 Å². The molecule has 7 heteroatoms. The van der Waals surface area contributed by atoms with Crippen molar-refractivity contribution in [1.29, 1.82) is 0 Å². The molecule has 1 aromatic heterocycles. The van der Waals surface area contributed by atoms with Gasteiger partial charge in [-0.25, -0.2) is 0 Å². The van der Waals surface area contributed by atoms with E-state index in [1.807, 2.05) is 72.3 Å². The molecule has 152 valence electrons. The lowest BCUT2D eigenvalue weighted by Gasteiger charge is -2.12. The van der Waals surface area contributed by atoms with Crippen LogP contribution in [0.2, 0.25) is 0 Å². The number of hydrogen-bond acceptors (Lipinski definition) is 4. The lowest BCUT2D eigenvalue weighted by atomic mass is 10.2. The minimum Gasteiger partial charge on any atom is -0.497 e. The third-order valence-electron chi connectivity index (χ3n) is 4.81. The van der Waals surface area contributed by atoms with E-state index < -0.39 is 0 Å². The molecule has 0 bridgehead atoms. The Kier molecular flexibility index (Phi) is 5.83. The number of carbonyl (C=O) groups excluding carboxylic acids is 2. The number of aryl methyl sites for hydroxylation is 1. The fourth-order valence-corrected chi connectivity index (χ4v) is 4.36. The van der Waals surface area contributed by atoms with Crippen molar-refractivity contribution in [2.45, 2.75) is 13.5 Å². The van der Waals surface area contributed by atoms with Crippen LogP contribution in [-0.4, -0.2) is 27.7 Å². The van der Waals surface area contributed by atoms with Crippen LogP contribution in [0.5, 0.6) is 5.75 Å². The van der Waals surface area contributed by atoms with Gasteiger partial charge in [0.05, 0.1) is 18.6 Å². The smallest absolute Gasteiger partial charge is 0.293 e. The molecule has 1 aliphatic heterocycles. The van der Waals surface area contributed by atoms with Gasteiger partial charge in [-0.05, 0) is 78.4 Å². The molecule has 30 heavy (non-hydrogen) atoms. The average Bonchev–Trinajstić information content (AvgIpc) is 3.23. The highest BCUT2D eigenvalue weighted by Crippen LogP contribution is 2.34. The summed E-state index contributed by atoms with van der Waals surface area (Å²) in [7, 11) is 1.64. The van der Waals surface area contributed by atoms with E-state index in [9.17, 15) is 9.59 Å². The Morgan fingerprint density at radius 2 is 1.77 bits per heavy atom. The van der Waals surface area contributed by atoms with Crippen molar-refractivity contribution in [1.82, 2.24) is 9.47 Å². The Morgan fingerprint density at radius 3 is 2.43 bits per heavy atom. The third-order valence-corrected chi connectivity index (χ3v) is 6.25. The summed E-state index contributed by atoms with van der Waals surface area (Å²) in [4.78, 5) is 26.9. The second-order valence-electron chi connectivity index (χ2n) is 6.88. The molecule has 1 aliphatic rings. The van der Waals surface area contributed by atoms with E-state index >= 15 is 0 Å². The monoisotopic (exact) mass is 482 g/mol. The number of ether oxygens (including phenoxy) is 1. The quantitative estimate of drug-likeness (QED) is 0.431. The molecule has 0 unspecified atom stereocenters. The van der Waals surface area contributed by atoms with Gasteiger partial charge in [0.2, 0.25) is 0 Å². The summed E-state index contributed by atoms with van der Waals surface area (Å²) in [6.07, 6.45) is 3.74. The van der Waals surface area contributed by atoms with Gasteiger partial charge in [-0.1, -0.05) is 28.1 Å². The van der Waals surface area contributed by atoms with Gasteiger partial charge < -0.3 is 9.30 Å². The van der Waals surface area contributed by atoms with E-state index in [1.54, 1.807) is 13.2 Å². The van der Waals surface area contributed by atoms with Gasteiger partial charge in [-0.3, -0.25) is 14.5 Å². The van der Waals surface area contributed by atoms with Crippen molar-refractivity contribution < 1.29 is 14.3 Å². The van der Waals surface area contributed by atoms with E-state index in [1.165, 1.54) is 4.90 Å². The highest BCUT2D eigenvalue weighted by Gasteiger charge is 2.35. The molecular weight excluding hydrogens is 464 g/mol. The number of thioether (sulfide) groups is 1. The Balaban J connectivity index is 1.55. The molecule has 5 nitrogen and oxygen atoms in total. The van der Waals surface area contributed by atoms with Crippen LogP contribution >= 0.6 is 27.7 Å². The molecule has 0 radical (unpaired) electrons. The van der Waals surface area contributed by atoms with Crippen LogP contribution in [0.3, 0.4) is 0 Å². The molecule has 1 fully saturated rings. The number of imide groups is 1. The van der Waals surface area contributed by atoms with Gasteiger partial charge in [0.1, 0.15) is 5.75 Å². The Bertz CT molecular complexity index is 1130. The number of benzene rings is 2. The van der Waals surface area contributed by atoms with Crippen LogP contribution in [0.4, 0.5) is 4.79 Å². The molecule has 4 rings (SSSR count). The molecule has 0 N–H and O–H groups in total. The minimum atomic E-state index is -0.261. The number of methoxy groups -OCH3 is 1. The highest BCUT2D eigenvalue weighted by atomic mass is 79.9. The molecule has 0 aliphatic carbocycles. The van der Waals surface area contributed by atoms with Crippen LogP contribution in [-0.2, 0) is 11.3 Å². The lowest BCUT2D eigenvalue weighted by molar-refractivity contribution is -0.123. The summed E-state index contributed by atoms with van der Waals surface area (Å²) in [5.74, 6) is 0.533. The normalized spacial score (nSPS) is 15.3. The fourth-order valence-electron chi connectivity index (χ4n) is 3.26. The van der Waals surface area contributed by atoms with E-state index in [2.05, 4.69) is 15.9 Å². The van der Waals surface area contributed by atoms with Gasteiger partial charge in [-0.15, -0.1) is 0 Å². The largest absolute Gasteiger partial charge is 0.497 e. The molecule has 2 aromatic carbocycles. The topological polar surface area (TPSA) is 51.5 Å². The van der Waals surface area contributed by atoms with E-state index in [0.29, 0.717) is 4.91 Å². The summed E-state index contributed by atoms with van der Waals surface area (Å²) in [6, 6.07) is 17.3. The Labute approximate surface area is 187 Å². The van der Waals surface area contributed by atoms with Crippen molar-refractivity contribution in [2.75, 3.05) is 7.11 Å². The number of carbonyl (C=O) groups is 2. The first-order valence-corrected chi connectivity index (χ1v) is 10.9. The van der Waals surface area contributed by atoms with Gasteiger partial charge in [0, 0.05) is 22.1 Å². The lowest BCUT2D eigenvalue weighted by Crippen LogP contribution is -2.27. The van der Waals surface area contributed by atoms with Crippen LogP contribution in [0.1, 0.15) is 16.8 Å². The molecule has 0 saturated carbocycles. The molecule has 2 amide bonds. The first kappa shape index (κ1) is 20.5. The summed E-state index contributed by atoms with van der Waals surface area (Å²) in [5.41, 5.74) is 3.80. The Morgan fingerprint density at radius 1 is 1.07 bits per heavy atom. The van der Waals surface area contributed by atoms with Crippen molar-refractivity contribution in [3.63, 3.8) is 0 Å². The van der Waals surface area contributed by atoms with Crippen molar-refractivity contribution >= 4 is 44.9 Å². The summed E-state index contributed by atoms with van der Waals surface area (Å²) < 4.78 is 8.21. The summed E-state index contributed by atoms with van der Waals surface area (Å²) >= 11 is 4.37. The van der Waals surface area contributed by atoms with Gasteiger partial charge in [-0.2, -0.15) is 0 Å². The highest BCUT2D eigenvalue weighted by molar-refractivity contribution is 9.10. The molecule has 0 spiro atoms. The second kappa shape index (κ2) is 8.53. The molecular formula is C23H19BrN2O3S. The van der Waals surface area contributed by atoms with E-state index in [4.69, 9.17) is 4.74 Å². The third kappa shape index (κ3) is 4.22. The summed E-state index contributed by atoms with van der Waals surface area (Å²) in [6.45, 7) is 2.27. The van der Waals surface area contributed by atoms with Crippen molar-refractivity contribution in [3.05, 3.63) is 87.0 Å². The molecule has 0 atom stereocenters. The average molecular weight is 483 g/mol. The number of aromatic nitrogens is 1. The van der Waals surface area contributed by atoms with E-state index in [0.717, 1.165) is 44.5 Å². The number of rotatable bonds is 5. The predicted octanol–water partition coefficient (Wildman–Crippen LogP) is 5.79. The van der Waals surface area contributed by atoms with Crippen LogP contribution in [0.15, 0.2) is 70.2 Å². The standard InChI is InChI=1S/C23H19BrN2O3S/c1-15-11-17(14-25(15)19-7-9-20(29-2)10-8-19)12-21-22(27)26(23(28)30-21)13-16-3-5-18(24)6-4-16/h3-12,14H,13H2,1-2H3/b21-12+. The number of nitrogens with zero attached hydrogens (tertiary/aromatic N) is 2. The van der Waals surface area contributed by atoms with Crippen molar-refractivity contribution in [2.24, 2.45) is 0 Å². The zero-order valence-corrected chi connectivity index (χ0v) is 18.9. The summed E-state index contributed by atoms with van der Waals surface area (Å²) in [5, 5.41) is -0.250. The predicted molar refractivity (Wildman–Crippen MR) is 123 cm³/mol. The van der Waals surface area contributed by atoms with Crippen molar-refractivity contribution in [3.8, 4) is 11.4 Å². The first-order chi connectivity index (χ1) is 14.4.